The van der Waals surface area contributed by atoms with Crippen LogP contribution in [0.1, 0.15) is 48.0 Å². The number of thioether (sulfide) groups is 1. The van der Waals surface area contributed by atoms with Crippen LogP contribution in [0, 0.1) is 5.82 Å². The van der Waals surface area contributed by atoms with Crippen molar-refractivity contribution < 1.29 is 27.8 Å². The van der Waals surface area contributed by atoms with Gasteiger partial charge in [0.15, 0.2) is 6.67 Å². The molecule has 2 unspecified atom stereocenters. The highest BCUT2D eigenvalue weighted by Gasteiger charge is 2.43. The van der Waals surface area contributed by atoms with Gasteiger partial charge in [-0.15, -0.1) is 11.8 Å². The van der Waals surface area contributed by atoms with Crippen LogP contribution < -0.4 is 5.32 Å². The smallest absolute Gasteiger partial charge is 0.410 e. The van der Waals surface area contributed by atoms with Gasteiger partial charge in [-0.25, -0.2) is 18.6 Å². The highest BCUT2D eigenvalue weighted by atomic mass is 32.2. The van der Waals surface area contributed by atoms with Crippen molar-refractivity contribution in [3.63, 3.8) is 0 Å². The molecule has 2 atom stereocenters. The minimum absolute atomic E-state index is 0. The van der Waals surface area contributed by atoms with Crippen LogP contribution in [0.5, 0.6) is 0 Å². The highest BCUT2D eigenvalue weighted by Crippen LogP contribution is 2.30. The van der Waals surface area contributed by atoms with Gasteiger partial charge in [0.2, 0.25) is 5.90 Å². The summed E-state index contributed by atoms with van der Waals surface area (Å²) in [6, 6.07) is 4.50. The third-order valence-corrected chi connectivity index (χ3v) is 5.99. The molecule has 2 aliphatic rings. The number of carbonyl (C=O) groups is 1. The first-order valence-electron chi connectivity index (χ1n) is 11.8. The maximum Gasteiger partial charge on any atom is 0.410 e. The topological polar surface area (TPSA) is 84.8 Å². The fraction of sp³-hybridized carbons (Fsp3) is 0.640. The lowest BCUT2D eigenvalue weighted by molar-refractivity contribution is -0.0951. The molecule has 8 nitrogen and oxygen atoms in total. The number of nitrogens with one attached hydrogen (secondary N) is 1. The summed E-state index contributed by atoms with van der Waals surface area (Å²) in [5.74, 6) is -0.456. The van der Waals surface area contributed by atoms with E-state index >= 15 is 0 Å². The van der Waals surface area contributed by atoms with E-state index in [4.69, 9.17) is 14.2 Å². The van der Waals surface area contributed by atoms with E-state index in [0.717, 1.165) is 4.90 Å². The normalized spacial score (nSPS) is 21.4. The third kappa shape index (κ3) is 9.24. The van der Waals surface area contributed by atoms with Crippen LogP contribution in [-0.4, -0.2) is 80.3 Å². The first kappa shape index (κ1) is 31.6. The number of alkyl halides is 1. The molecule has 36 heavy (non-hydrogen) atoms. The standard InChI is InChI=1S/C22H30F2N4O4S.C2H6.CH4/c1-14(2)31-22(29)28-15-6-17(7-16(28)11-30-10-15)32-21(9-23)27-13-25-12-26-20-5-4-18(33-3)8-19(20)24;1-2;/h4-5,8,13-17,26H,6-7,9-12H2,1-3H3;1-2H3;1H4/b25-13-,27-21?;;. The van der Waals surface area contributed by atoms with Crippen LogP contribution in [0.3, 0.4) is 0 Å². The van der Waals surface area contributed by atoms with E-state index in [1.54, 1.807) is 30.9 Å². The lowest BCUT2D eigenvalue weighted by Gasteiger charge is -2.47. The Hall–Kier alpha value is -2.40. The van der Waals surface area contributed by atoms with Gasteiger partial charge < -0.3 is 19.5 Å². The molecular weight excluding hydrogens is 490 g/mol. The van der Waals surface area contributed by atoms with Gasteiger partial charge in [-0.2, -0.15) is 0 Å². The number of carbonyl (C=O) groups excluding carboxylic acids is 1. The molecule has 3 rings (SSSR count). The van der Waals surface area contributed by atoms with Crippen LogP contribution in [0.2, 0.25) is 0 Å². The molecule has 2 aliphatic heterocycles. The predicted octanol–water partition coefficient (Wildman–Crippen LogP) is 5.77. The number of aliphatic imine (C=N–C) groups is 2. The van der Waals surface area contributed by atoms with E-state index in [9.17, 15) is 13.6 Å². The van der Waals surface area contributed by atoms with Gasteiger partial charge in [0.05, 0.1) is 37.1 Å². The van der Waals surface area contributed by atoms with Gasteiger partial charge in [-0.3, -0.25) is 9.89 Å². The predicted molar refractivity (Wildman–Crippen MR) is 143 cm³/mol. The Bertz CT molecular complexity index is 858. The fourth-order valence-corrected chi connectivity index (χ4v) is 4.28. The average molecular weight is 531 g/mol. The number of piperidine rings is 1. The zero-order valence-corrected chi connectivity index (χ0v) is 21.8. The van der Waals surface area contributed by atoms with Gasteiger partial charge >= 0.3 is 6.09 Å². The number of halogens is 2. The number of morpholine rings is 1. The molecule has 204 valence electrons. The van der Waals surface area contributed by atoms with Crippen molar-refractivity contribution in [1.82, 2.24) is 4.90 Å². The Morgan fingerprint density at radius 3 is 2.53 bits per heavy atom. The number of benzene rings is 1. The van der Waals surface area contributed by atoms with Gasteiger partial charge in [0, 0.05) is 17.7 Å². The highest BCUT2D eigenvalue weighted by molar-refractivity contribution is 7.98. The van der Waals surface area contributed by atoms with E-state index in [0.29, 0.717) is 31.7 Å². The van der Waals surface area contributed by atoms with Crippen molar-refractivity contribution in [2.24, 2.45) is 9.98 Å². The molecule has 0 spiro atoms. The minimum atomic E-state index is -0.883. The number of amides is 1. The van der Waals surface area contributed by atoms with E-state index in [-0.39, 0.29) is 56.2 Å². The van der Waals surface area contributed by atoms with Crippen molar-refractivity contribution in [2.45, 2.75) is 77.2 Å². The van der Waals surface area contributed by atoms with Crippen LogP contribution in [-0.2, 0) is 14.2 Å². The van der Waals surface area contributed by atoms with Crippen LogP contribution >= 0.6 is 11.8 Å². The lowest BCUT2D eigenvalue weighted by atomic mass is 9.92. The molecule has 1 amide bonds. The maximum atomic E-state index is 14.0. The number of anilines is 1. The first-order valence-corrected chi connectivity index (χ1v) is 13.1. The quantitative estimate of drug-likeness (QED) is 0.261. The van der Waals surface area contributed by atoms with Crippen molar-refractivity contribution >= 4 is 35.8 Å². The van der Waals surface area contributed by atoms with Crippen LogP contribution in [0.25, 0.3) is 0 Å². The zero-order chi connectivity index (χ0) is 25.8. The molecular formula is C25H40F2N4O4S. The summed E-state index contributed by atoms with van der Waals surface area (Å²) in [4.78, 5) is 23.0. The number of ether oxygens (including phenoxy) is 3. The summed E-state index contributed by atoms with van der Waals surface area (Å²) in [6.45, 7) is 7.57. The lowest BCUT2D eigenvalue weighted by Crippen LogP contribution is -2.60. The van der Waals surface area contributed by atoms with Gasteiger partial charge in [0.1, 0.15) is 24.9 Å². The van der Waals surface area contributed by atoms with Crippen molar-refractivity contribution in [3.8, 4) is 0 Å². The maximum absolute atomic E-state index is 14.0. The molecule has 0 radical (unpaired) electrons. The zero-order valence-electron chi connectivity index (χ0n) is 21.0. The Balaban J connectivity index is 0.00000211. The second-order valence-electron chi connectivity index (χ2n) is 8.03. The van der Waals surface area contributed by atoms with E-state index in [1.165, 1.54) is 24.2 Å². The first-order chi connectivity index (χ1) is 16.9. The Labute approximate surface area is 217 Å². The second kappa shape index (κ2) is 16.4. The summed E-state index contributed by atoms with van der Waals surface area (Å²) in [6.07, 6.45) is 3.18. The summed E-state index contributed by atoms with van der Waals surface area (Å²) in [5.41, 5.74) is 0.326. The van der Waals surface area contributed by atoms with Crippen LogP contribution in [0.4, 0.5) is 19.3 Å². The number of rotatable bonds is 8. The largest absolute Gasteiger partial charge is 0.475 e. The second-order valence-corrected chi connectivity index (χ2v) is 8.91. The molecule has 0 saturated carbocycles. The average Bonchev–Trinajstić information content (AvgIpc) is 2.84. The van der Waals surface area contributed by atoms with Gasteiger partial charge in [0.25, 0.3) is 0 Å². The molecule has 1 aromatic rings. The molecule has 11 heteroatoms. The Kier molecular flexibility index (Phi) is 14.4. The molecule has 2 saturated heterocycles. The third-order valence-electron chi connectivity index (χ3n) is 5.26. The summed E-state index contributed by atoms with van der Waals surface area (Å²) in [7, 11) is 0. The van der Waals surface area contributed by atoms with Crippen molar-refractivity contribution in [2.75, 3.05) is 38.1 Å². The van der Waals surface area contributed by atoms with Gasteiger partial charge in [-0.05, 0) is 38.3 Å². The molecule has 2 heterocycles. The SMILES string of the molecule is C.CC.CSc1ccc(NC/N=C\N=C(CF)OC2CC3COCC(C2)N3C(=O)OC(C)C)c(F)c1. The summed E-state index contributed by atoms with van der Waals surface area (Å²) >= 11 is 1.46. The fourth-order valence-electron chi connectivity index (χ4n) is 3.85. The number of nitrogens with zero attached hydrogens (tertiary/aromatic N) is 3. The van der Waals surface area contributed by atoms with Gasteiger partial charge in [-0.1, -0.05) is 21.3 Å². The number of fused-ring (bicyclic) bond motifs is 2. The van der Waals surface area contributed by atoms with E-state index in [2.05, 4.69) is 15.3 Å². The summed E-state index contributed by atoms with van der Waals surface area (Å²) < 4.78 is 44.1. The van der Waals surface area contributed by atoms with Crippen molar-refractivity contribution in [1.29, 1.82) is 0 Å². The molecule has 0 aliphatic carbocycles. The Morgan fingerprint density at radius 2 is 1.97 bits per heavy atom. The van der Waals surface area contributed by atoms with E-state index in [1.807, 2.05) is 20.1 Å². The minimum Gasteiger partial charge on any atom is -0.475 e. The number of hydrogen-bond acceptors (Lipinski definition) is 7. The van der Waals surface area contributed by atoms with E-state index < -0.39 is 6.67 Å². The van der Waals surface area contributed by atoms with Crippen LogP contribution in [0.15, 0.2) is 33.1 Å². The molecule has 2 fully saturated rings. The molecule has 1 N–H and O–H groups in total. The monoisotopic (exact) mass is 530 g/mol. The molecule has 0 aromatic heterocycles. The molecule has 2 bridgehead atoms. The summed E-state index contributed by atoms with van der Waals surface area (Å²) in [5, 5.41) is 2.84. The molecule has 1 aromatic carbocycles. The Morgan fingerprint density at radius 1 is 1.31 bits per heavy atom. The number of hydrogen-bond donors (Lipinski definition) is 1. The van der Waals surface area contributed by atoms with Crippen molar-refractivity contribution in [3.05, 3.63) is 24.0 Å².